The molecule has 0 aliphatic carbocycles. The number of carbonyl (C=O) groups is 1. The maximum atomic E-state index is 12.2. The molecule has 8 heteroatoms. The number of phenols is 1. The Hall–Kier alpha value is -4.20. The van der Waals surface area contributed by atoms with E-state index >= 15 is 0 Å². The van der Waals surface area contributed by atoms with Crippen molar-refractivity contribution in [2.24, 2.45) is 0 Å². The summed E-state index contributed by atoms with van der Waals surface area (Å²) in [5.74, 6) is 0.593. The highest BCUT2D eigenvalue weighted by atomic mass is 16.5. The van der Waals surface area contributed by atoms with E-state index in [1.165, 1.54) is 21.3 Å². The molecule has 0 unspecified atom stereocenters. The van der Waals surface area contributed by atoms with Crippen LogP contribution >= 0.6 is 0 Å². The number of nitrogens with one attached hydrogen (secondary N) is 1. The van der Waals surface area contributed by atoms with Crippen molar-refractivity contribution in [3.63, 3.8) is 0 Å². The van der Waals surface area contributed by atoms with Gasteiger partial charge < -0.3 is 24.6 Å². The van der Waals surface area contributed by atoms with Crippen LogP contribution in [-0.2, 0) is 4.74 Å². The van der Waals surface area contributed by atoms with Gasteiger partial charge in [-0.25, -0.2) is 9.78 Å². The van der Waals surface area contributed by atoms with Crippen molar-refractivity contribution < 1.29 is 24.1 Å². The number of methoxy groups -OCH3 is 3. The van der Waals surface area contributed by atoms with E-state index in [-0.39, 0.29) is 17.2 Å². The van der Waals surface area contributed by atoms with Crippen LogP contribution in [0.2, 0.25) is 0 Å². The van der Waals surface area contributed by atoms with Crippen LogP contribution in [0.4, 0.5) is 11.5 Å². The van der Waals surface area contributed by atoms with Crippen molar-refractivity contribution in [3.05, 3.63) is 66.4 Å². The Morgan fingerprint density at radius 2 is 1.68 bits per heavy atom. The van der Waals surface area contributed by atoms with Gasteiger partial charge >= 0.3 is 5.97 Å². The second kappa shape index (κ2) is 8.27. The number of esters is 1. The third kappa shape index (κ3) is 3.59. The largest absolute Gasteiger partial charge is 0.502 e. The van der Waals surface area contributed by atoms with Gasteiger partial charge in [-0.2, -0.15) is 0 Å². The van der Waals surface area contributed by atoms with E-state index in [4.69, 9.17) is 19.2 Å². The highest BCUT2D eigenvalue weighted by molar-refractivity contribution is 5.97. The van der Waals surface area contributed by atoms with Crippen molar-refractivity contribution in [1.82, 2.24) is 9.38 Å². The number of fused-ring (bicyclic) bond motifs is 1. The fourth-order valence-electron chi connectivity index (χ4n) is 3.35. The first-order chi connectivity index (χ1) is 15.1. The molecular weight excluding hydrogens is 398 g/mol. The number of pyridine rings is 1. The fraction of sp³-hybridized carbons (Fsp3) is 0.130. The maximum absolute atomic E-state index is 12.2. The number of rotatable bonds is 6. The second-order valence-electron chi connectivity index (χ2n) is 6.63. The zero-order valence-corrected chi connectivity index (χ0v) is 17.2. The summed E-state index contributed by atoms with van der Waals surface area (Å²) in [6.07, 6.45) is 1.86. The van der Waals surface area contributed by atoms with Gasteiger partial charge in [0, 0.05) is 11.8 Å². The van der Waals surface area contributed by atoms with Crippen LogP contribution < -0.4 is 14.8 Å². The van der Waals surface area contributed by atoms with Crippen LogP contribution in [0.1, 0.15) is 10.4 Å². The molecule has 4 aromatic rings. The molecule has 2 aromatic carbocycles. The van der Waals surface area contributed by atoms with Crippen LogP contribution in [-0.4, -0.2) is 41.8 Å². The zero-order chi connectivity index (χ0) is 22.0. The van der Waals surface area contributed by atoms with E-state index < -0.39 is 5.97 Å². The van der Waals surface area contributed by atoms with Crippen LogP contribution in [0.5, 0.6) is 17.2 Å². The molecule has 0 bridgehead atoms. The van der Waals surface area contributed by atoms with Crippen molar-refractivity contribution in [2.45, 2.75) is 0 Å². The standard InChI is InChI=1S/C23H21N3O5/c1-29-17-12-14(13-18(30-2)21(17)27)20-22(26-11-7-6-10-19(26)25-20)24-16-9-5-4-8-15(16)23(28)31-3/h4-13,24,27H,1-3H3. The summed E-state index contributed by atoms with van der Waals surface area (Å²) in [6, 6.07) is 16.1. The number of hydrogen-bond acceptors (Lipinski definition) is 7. The average molecular weight is 419 g/mol. The Morgan fingerprint density at radius 1 is 1.00 bits per heavy atom. The van der Waals surface area contributed by atoms with Crippen molar-refractivity contribution in [1.29, 1.82) is 0 Å². The molecule has 2 aromatic heterocycles. The lowest BCUT2D eigenvalue weighted by atomic mass is 10.1. The number of nitrogens with zero attached hydrogens (tertiary/aromatic N) is 2. The van der Waals surface area contributed by atoms with Crippen LogP contribution in [0.15, 0.2) is 60.8 Å². The fourth-order valence-corrected chi connectivity index (χ4v) is 3.35. The number of aromatic nitrogens is 2. The van der Waals surface area contributed by atoms with Gasteiger partial charge in [0.15, 0.2) is 11.5 Å². The molecule has 0 radical (unpaired) electrons. The van der Waals surface area contributed by atoms with Crippen LogP contribution in [0.3, 0.4) is 0 Å². The molecule has 0 fully saturated rings. The molecular formula is C23H21N3O5. The summed E-state index contributed by atoms with van der Waals surface area (Å²) in [5, 5.41) is 13.6. The molecule has 31 heavy (non-hydrogen) atoms. The third-order valence-electron chi connectivity index (χ3n) is 4.87. The number of imidazole rings is 1. The second-order valence-corrected chi connectivity index (χ2v) is 6.63. The predicted octanol–water partition coefficient (Wildman–Crippen LogP) is 4.25. The zero-order valence-electron chi connectivity index (χ0n) is 17.2. The molecule has 158 valence electrons. The average Bonchev–Trinajstić information content (AvgIpc) is 3.17. The highest BCUT2D eigenvalue weighted by Crippen LogP contribution is 2.42. The first kappa shape index (κ1) is 20.1. The Kier molecular flexibility index (Phi) is 5.36. The van der Waals surface area contributed by atoms with Gasteiger partial charge in [-0.15, -0.1) is 0 Å². The van der Waals surface area contributed by atoms with Crippen LogP contribution in [0, 0.1) is 0 Å². The van der Waals surface area contributed by atoms with Gasteiger partial charge in [0.1, 0.15) is 17.2 Å². The molecule has 4 rings (SSSR count). The molecule has 0 saturated heterocycles. The minimum Gasteiger partial charge on any atom is -0.502 e. The number of anilines is 2. The molecule has 2 N–H and O–H groups in total. The first-order valence-corrected chi connectivity index (χ1v) is 9.44. The Labute approximate surface area is 178 Å². The summed E-state index contributed by atoms with van der Waals surface area (Å²) in [7, 11) is 4.27. The number of phenolic OH excluding ortho intramolecular Hbond substituents is 1. The van der Waals surface area contributed by atoms with E-state index in [1.807, 2.05) is 34.9 Å². The minimum absolute atomic E-state index is 0.0944. The van der Waals surface area contributed by atoms with E-state index in [1.54, 1.807) is 30.3 Å². The molecule has 0 atom stereocenters. The van der Waals surface area contributed by atoms with Gasteiger partial charge in [0.25, 0.3) is 0 Å². The van der Waals surface area contributed by atoms with Gasteiger partial charge in [-0.05, 0) is 36.4 Å². The van der Waals surface area contributed by atoms with Crippen molar-refractivity contribution in [2.75, 3.05) is 26.6 Å². The number of benzene rings is 2. The summed E-state index contributed by atoms with van der Waals surface area (Å²) in [6.45, 7) is 0. The summed E-state index contributed by atoms with van der Waals surface area (Å²) in [4.78, 5) is 17.0. The lowest BCUT2D eigenvalue weighted by Gasteiger charge is -2.14. The normalized spacial score (nSPS) is 10.7. The minimum atomic E-state index is -0.452. The number of hydrogen-bond donors (Lipinski definition) is 2. The van der Waals surface area contributed by atoms with Gasteiger partial charge in [0.2, 0.25) is 5.75 Å². The van der Waals surface area contributed by atoms with E-state index in [0.717, 1.165) is 0 Å². The van der Waals surface area contributed by atoms with Crippen LogP contribution in [0.25, 0.3) is 16.9 Å². The number of ether oxygens (including phenoxy) is 3. The van der Waals surface area contributed by atoms with Crippen molar-refractivity contribution in [3.8, 4) is 28.5 Å². The predicted molar refractivity (Wildman–Crippen MR) is 116 cm³/mol. The molecule has 0 aliphatic rings. The Bertz CT molecular complexity index is 1240. The molecule has 0 amide bonds. The number of aromatic hydroxyl groups is 1. The summed E-state index contributed by atoms with van der Waals surface area (Å²) < 4.78 is 17.4. The highest BCUT2D eigenvalue weighted by Gasteiger charge is 2.20. The van der Waals surface area contributed by atoms with Gasteiger partial charge in [-0.3, -0.25) is 4.40 Å². The molecule has 0 aliphatic heterocycles. The van der Waals surface area contributed by atoms with E-state index in [2.05, 4.69) is 5.32 Å². The quantitative estimate of drug-likeness (QED) is 0.451. The number of carbonyl (C=O) groups excluding carboxylic acids is 1. The maximum Gasteiger partial charge on any atom is 0.339 e. The van der Waals surface area contributed by atoms with Gasteiger partial charge in [-0.1, -0.05) is 18.2 Å². The monoisotopic (exact) mass is 419 g/mol. The van der Waals surface area contributed by atoms with Gasteiger partial charge in [0.05, 0.1) is 32.6 Å². The molecule has 0 saturated carbocycles. The third-order valence-corrected chi connectivity index (χ3v) is 4.87. The summed E-state index contributed by atoms with van der Waals surface area (Å²) >= 11 is 0. The van der Waals surface area contributed by atoms with E-state index in [9.17, 15) is 9.90 Å². The molecule has 2 heterocycles. The summed E-state index contributed by atoms with van der Waals surface area (Å²) in [5.41, 5.74) is 2.90. The molecule has 8 nitrogen and oxygen atoms in total. The van der Waals surface area contributed by atoms with E-state index in [0.29, 0.717) is 34.0 Å². The lowest BCUT2D eigenvalue weighted by Crippen LogP contribution is -2.06. The topological polar surface area (TPSA) is 94.3 Å². The first-order valence-electron chi connectivity index (χ1n) is 9.44. The van der Waals surface area contributed by atoms with Crippen molar-refractivity contribution >= 4 is 23.1 Å². The lowest BCUT2D eigenvalue weighted by molar-refractivity contribution is 0.0602. The number of para-hydroxylation sites is 1. The Balaban J connectivity index is 1.92. The smallest absolute Gasteiger partial charge is 0.339 e. The Morgan fingerprint density at radius 3 is 2.35 bits per heavy atom. The molecule has 0 spiro atoms. The SMILES string of the molecule is COC(=O)c1ccccc1Nc1c(-c2cc(OC)c(O)c(OC)c2)nc2ccccn12.